The molecule has 154 valence electrons. The van der Waals surface area contributed by atoms with Crippen LogP contribution in [0.5, 0.6) is 0 Å². The fraction of sp³-hybridized carbons (Fsp3) is 0.500. The topological polar surface area (TPSA) is 108 Å². The van der Waals surface area contributed by atoms with Crippen LogP contribution in [0.25, 0.3) is 0 Å². The monoisotopic (exact) mass is 465 g/mol. The van der Waals surface area contributed by atoms with Gasteiger partial charge in [0.2, 0.25) is 0 Å². The van der Waals surface area contributed by atoms with Crippen molar-refractivity contribution in [3.8, 4) is 0 Å². The number of anilines is 1. The highest BCUT2D eigenvalue weighted by molar-refractivity contribution is 9.09. The van der Waals surface area contributed by atoms with Gasteiger partial charge in [-0.15, -0.1) is 0 Å². The van der Waals surface area contributed by atoms with E-state index in [0.717, 1.165) is 6.42 Å². The van der Waals surface area contributed by atoms with Crippen LogP contribution >= 0.6 is 15.9 Å². The number of esters is 3. The van der Waals surface area contributed by atoms with E-state index in [4.69, 9.17) is 14.2 Å². The zero-order chi connectivity index (χ0) is 20.7. The van der Waals surface area contributed by atoms with Gasteiger partial charge in [0, 0.05) is 11.6 Å². The highest BCUT2D eigenvalue weighted by Crippen LogP contribution is 2.60. The molecule has 9 heteroatoms. The average molecular weight is 466 g/mol. The summed E-state index contributed by atoms with van der Waals surface area (Å²) in [4.78, 5) is 48.4. The number of halogens is 1. The van der Waals surface area contributed by atoms with Crippen molar-refractivity contribution < 1.29 is 33.4 Å². The first-order valence-electron chi connectivity index (χ1n) is 9.49. The number of ether oxygens (including phenoxy) is 3. The highest BCUT2D eigenvalue weighted by Gasteiger charge is 2.68. The van der Waals surface area contributed by atoms with Crippen molar-refractivity contribution in [2.75, 3.05) is 18.5 Å². The fourth-order valence-electron chi connectivity index (χ4n) is 4.63. The van der Waals surface area contributed by atoms with Gasteiger partial charge in [0.1, 0.15) is 6.10 Å². The van der Waals surface area contributed by atoms with Crippen LogP contribution < -0.4 is 5.32 Å². The van der Waals surface area contributed by atoms with Crippen LogP contribution in [0.15, 0.2) is 24.3 Å². The molecule has 0 unspecified atom stereocenters. The Labute approximate surface area is 175 Å². The van der Waals surface area contributed by atoms with Crippen LogP contribution in [0, 0.1) is 23.7 Å². The molecule has 6 atom stereocenters. The number of carbonyl (C=O) groups is 4. The molecule has 2 aliphatic carbocycles. The van der Waals surface area contributed by atoms with Gasteiger partial charge in [0.05, 0.1) is 28.8 Å². The lowest BCUT2D eigenvalue weighted by molar-refractivity contribution is -0.157. The molecule has 2 saturated carbocycles. The Hall–Kier alpha value is -2.42. The summed E-state index contributed by atoms with van der Waals surface area (Å²) in [5, 5.41) is 2.60. The van der Waals surface area contributed by atoms with Gasteiger partial charge in [-0.05, 0) is 43.5 Å². The molecule has 0 radical (unpaired) electrons. The van der Waals surface area contributed by atoms with Crippen molar-refractivity contribution in [1.29, 1.82) is 0 Å². The van der Waals surface area contributed by atoms with Gasteiger partial charge in [0.15, 0.2) is 6.61 Å². The summed E-state index contributed by atoms with van der Waals surface area (Å²) in [5.74, 6) is -2.86. The largest absolute Gasteiger partial charge is 0.462 e. The van der Waals surface area contributed by atoms with Gasteiger partial charge < -0.3 is 19.5 Å². The summed E-state index contributed by atoms with van der Waals surface area (Å²) >= 11 is 3.54. The predicted molar refractivity (Wildman–Crippen MR) is 103 cm³/mol. The Kier molecular flexibility index (Phi) is 5.33. The van der Waals surface area contributed by atoms with Crippen molar-refractivity contribution in [2.24, 2.45) is 23.7 Å². The van der Waals surface area contributed by atoms with Gasteiger partial charge >= 0.3 is 17.9 Å². The lowest BCUT2D eigenvalue weighted by atomic mass is 9.80. The molecular weight excluding hydrogens is 446 g/mol. The number of carbonyl (C=O) groups excluding carboxylic acids is 4. The maximum Gasteiger partial charge on any atom is 0.338 e. The second-order valence-electron chi connectivity index (χ2n) is 7.41. The third-order valence-corrected chi connectivity index (χ3v) is 7.02. The number of nitrogens with one attached hydrogen (secondary N) is 1. The van der Waals surface area contributed by atoms with Crippen molar-refractivity contribution >= 4 is 45.4 Å². The third kappa shape index (κ3) is 3.52. The second-order valence-corrected chi connectivity index (χ2v) is 8.47. The van der Waals surface area contributed by atoms with Gasteiger partial charge in [0.25, 0.3) is 5.91 Å². The Morgan fingerprint density at radius 3 is 2.59 bits per heavy atom. The summed E-state index contributed by atoms with van der Waals surface area (Å²) in [5.41, 5.74) is 0.834. The van der Waals surface area contributed by atoms with E-state index in [-0.39, 0.29) is 35.3 Å². The minimum atomic E-state index is -0.577. The Morgan fingerprint density at radius 2 is 1.90 bits per heavy atom. The van der Waals surface area contributed by atoms with E-state index in [1.165, 1.54) is 12.1 Å². The van der Waals surface area contributed by atoms with Gasteiger partial charge in [-0.1, -0.05) is 15.9 Å². The summed E-state index contributed by atoms with van der Waals surface area (Å²) in [6.07, 6.45) is 0.581. The molecule has 4 rings (SSSR count). The summed E-state index contributed by atoms with van der Waals surface area (Å²) in [7, 11) is 0. The minimum absolute atomic E-state index is 0.0209. The molecule has 1 saturated heterocycles. The number of hydrogen-bond donors (Lipinski definition) is 1. The lowest BCUT2D eigenvalue weighted by Crippen LogP contribution is -2.39. The first-order valence-corrected chi connectivity index (χ1v) is 10.4. The minimum Gasteiger partial charge on any atom is -0.462 e. The summed E-state index contributed by atoms with van der Waals surface area (Å²) < 4.78 is 15.5. The van der Waals surface area contributed by atoms with Gasteiger partial charge in [-0.3, -0.25) is 14.4 Å². The number of hydrogen-bond acceptors (Lipinski definition) is 7. The number of alkyl halides is 1. The number of fused-ring (bicyclic) bond motifs is 1. The predicted octanol–water partition coefficient (Wildman–Crippen LogP) is 1.92. The first-order chi connectivity index (χ1) is 13.9. The molecule has 29 heavy (non-hydrogen) atoms. The van der Waals surface area contributed by atoms with Gasteiger partial charge in [-0.2, -0.15) is 0 Å². The van der Waals surface area contributed by atoms with Crippen LogP contribution in [-0.2, 0) is 28.6 Å². The molecule has 3 fully saturated rings. The van der Waals surface area contributed by atoms with E-state index in [9.17, 15) is 19.2 Å². The SMILES string of the molecule is CCOC(=O)c1ccc(NC(=O)COC(=O)[C@H]2[C@H]3C[C@H]4[C@H](OC(=O)[C@@H]42)[C@@H]3Br)cc1. The zero-order valence-corrected chi connectivity index (χ0v) is 17.2. The van der Waals surface area contributed by atoms with Crippen molar-refractivity contribution in [3.63, 3.8) is 0 Å². The van der Waals surface area contributed by atoms with E-state index in [2.05, 4.69) is 21.2 Å². The smallest absolute Gasteiger partial charge is 0.338 e. The Balaban J connectivity index is 1.30. The summed E-state index contributed by atoms with van der Waals surface area (Å²) in [6, 6.07) is 6.19. The molecular formula is C20H20BrNO7. The molecule has 1 aromatic carbocycles. The van der Waals surface area contributed by atoms with E-state index in [1.54, 1.807) is 19.1 Å². The number of benzene rings is 1. The van der Waals surface area contributed by atoms with Crippen LogP contribution in [0.1, 0.15) is 23.7 Å². The number of rotatable bonds is 6. The third-order valence-electron chi connectivity index (χ3n) is 5.82. The molecule has 0 spiro atoms. The van der Waals surface area contributed by atoms with Crippen LogP contribution in [0.4, 0.5) is 5.69 Å². The van der Waals surface area contributed by atoms with E-state index >= 15 is 0 Å². The van der Waals surface area contributed by atoms with Crippen LogP contribution in [0.2, 0.25) is 0 Å². The van der Waals surface area contributed by atoms with E-state index in [0.29, 0.717) is 11.3 Å². The fourth-order valence-corrected chi connectivity index (χ4v) is 5.67. The van der Waals surface area contributed by atoms with Crippen molar-refractivity contribution in [3.05, 3.63) is 29.8 Å². The molecule has 1 aromatic rings. The normalized spacial score (nSPS) is 31.3. The molecule has 1 aliphatic heterocycles. The highest BCUT2D eigenvalue weighted by atomic mass is 79.9. The van der Waals surface area contributed by atoms with Crippen LogP contribution in [-0.4, -0.2) is 48.0 Å². The van der Waals surface area contributed by atoms with Crippen molar-refractivity contribution in [1.82, 2.24) is 0 Å². The van der Waals surface area contributed by atoms with Gasteiger partial charge in [-0.25, -0.2) is 4.79 Å². The molecule has 8 nitrogen and oxygen atoms in total. The van der Waals surface area contributed by atoms with Crippen molar-refractivity contribution in [2.45, 2.75) is 24.3 Å². The van der Waals surface area contributed by atoms with E-state index < -0.39 is 36.3 Å². The zero-order valence-electron chi connectivity index (χ0n) is 15.6. The molecule has 1 amide bonds. The Bertz CT molecular complexity index is 855. The second kappa shape index (κ2) is 7.78. The maximum atomic E-state index is 12.6. The quantitative estimate of drug-likeness (QED) is 0.388. The molecule has 3 aliphatic rings. The van der Waals surface area contributed by atoms with Crippen LogP contribution in [0.3, 0.4) is 0 Å². The first kappa shape index (κ1) is 19.9. The standard InChI is InChI=1S/C20H20BrNO7/c1-2-27-18(24)9-3-5-10(6-4-9)22-13(23)8-28-19(25)14-11-7-12-15(14)20(26)29-17(12)16(11)21/h3-6,11-12,14-17H,2,7-8H2,1H3,(H,22,23)/t11-,12-,14+,15+,16-,17+/m1/s1. The maximum absolute atomic E-state index is 12.6. The average Bonchev–Trinajstić information content (AvgIpc) is 3.31. The number of amides is 1. The molecule has 2 bridgehead atoms. The Morgan fingerprint density at radius 1 is 1.17 bits per heavy atom. The molecule has 0 aromatic heterocycles. The lowest BCUT2D eigenvalue weighted by Gasteiger charge is -2.26. The van der Waals surface area contributed by atoms with E-state index in [1.807, 2.05) is 0 Å². The summed E-state index contributed by atoms with van der Waals surface area (Å²) in [6.45, 7) is 1.54. The molecule has 1 heterocycles. The molecule has 1 N–H and O–H groups in total.